The topological polar surface area (TPSA) is 46.2 Å². The van der Waals surface area contributed by atoms with Crippen molar-refractivity contribution in [2.75, 3.05) is 6.54 Å². The zero-order valence-electron chi connectivity index (χ0n) is 12.0. The molecule has 6 heteroatoms. The van der Waals surface area contributed by atoms with E-state index in [2.05, 4.69) is 22.2 Å². The van der Waals surface area contributed by atoms with Gasteiger partial charge in [0.2, 0.25) is 10.0 Å². The van der Waals surface area contributed by atoms with Gasteiger partial charge in [0.1, 0.15) is 4.21 Å². The zero-order valence-corrected chi connectivity index (χ0v) is 14.4. The van der Waals surface area contributed by atoms with Crippen molar-refractivity contribution in [1.82, 2.24) is 4.72 Å². The molecule has 114 valence electrons. The molecule has 0 atom stereocenters. The van der Waals surface area contributed by atoms with E-state index in [9.17, 15) is 8.42 Å². The Morgan fingerprint density at radius 3 is 2.57 bits per heavy atom. The number of hydrogen-bond acceptors (Lipinski definition) is 4. The Labute approximate surface area is 134 Å². The Balaban J connectivity index is 1.79. The van der Waals surface area contributed by atoms with Crippen molar-refractivity contribution >= 4 is 32.7 Å². The number of thiophene rings is 2. The first-order valence-corrected chi connectivity index (χ1v) is 10.3. The summed E-state index contributed by atoms with van der Waals surface area (Å²) >= 11 is 3.06. The second-order valence-corrected chi connectivity index (χ2v) is 9.88. The van der Waals surface area contributed by atoms with E-state index in [0.717, 1.165) is 17.7 Å². The van der Waals surface area contributed by atoms with Crippen molar-refractivity contribution in [1.29, 1.82) is 0 Å². The van der Waals surface area contributed by atoms with Gasteiger partial charge in [-0.15, -0.1) is 22.7 Å². The van der Waals surface area contributed by atoms with E-state index in [0.29, 0.717) is 10.8 Å². The first kappa shape index (κ1) is 15.2. The van der Waals surface area contributed by atoms with Gasteiger partial charge >= 0.3 is 0 Å². The Bertz CT molecular complexity index is 695. The average Bonchev–Trinajstić information content (AvgIpc) is 3.18. The summed E-state index contributed by atoms with van der Waals surface area (Å²) < 4.78 is 28.1. The second kappa shape index (κ2) is 5.83. The molecule has 0 bridgehead atoms. The van der Waals surface area contributed by atoms with Gasteiger partial charge in [-0.05, 0) is 43.3 Å². The highest BCUT2D eigenvalue weighted by molar-refractivity contribution is 7.91. The standard InChI is InChI=1S/C15H19NO2S3/c1-12-6-7-14(20-12)21(17,18)16-11-15(8-2-3-9-15)13-5-4-10-19-13/h4-7,10,16H,2-3,8-9,11H2,1H3. The summed E-state index contributed by atoms with van der Waals surface area (Å²) in [6, 6.07) is 7.73. The lowest BCUT2D eigenvalue weighted by Crippen LogP contribution is -2.38. The minimum absolute atomic E-state index is 0.00641. The number of aryl methyl sites for hydroxylation is 1. The molecule has 21 heavy (non-hydrogen) atoms. The van der Waals surface area contributed by atoms with Gasteiger partial charge in [-0.3, -0.25) is 0 Å². The van der Waals surface area contributed by atoms with E-state index < -0.39 is 10.0 Å². The highest BCUT2D eigenvalue weighted by Gasteiger charge is 2.37. The highest BCUT2D eigenvalue weighted by Crippen LogP contribution is 2.42. The number of sulfonamides is 1. The number of hydrogen-bond donors (Lipinski definition) is 1. The molecule has 1 aliphatic rings. The molecular weight excluding hydrogens is 322 g/mol. The number of nitrogens with one attached hydrogen (secondary N) is 1. The molecule has 0 aromatic carbocycles. The Morgan fingerprint density at radius 2 is 2.00 bits per heavy atom. The largest absolute Gasteiger partial charge is 0.250 e. The molecule has 2 aromatic rings. The Hall–Kier alpha value is -0.690. The van der Waals surface area contributed by atoms with Gasteiger partial charge in [0.15, 0.2) is 0 Å². The number of rotatable bonds is 5. The molecule has 0 spiro atoms. The summed E-state index contributed by atoms with van der Waals surface area (Å²) in [6.07, 6.45) is 4.49. The summed E-state index contributed by atoms with van der Waals surface area (Å²) in [4.78, 5) is 2.33. The van der Waals surface area contributed by atoms with Crippen LogP contribution in [-0.2, 0) is 15.4 Å². The zero-order chi connectivity index (χ0) is 14.9. The normalized spacial score (nSPS) is 18.1. The van der Waals surface area contributed by atoms with Gasteiger partial charge < -0.3 is 0 Å². The maximum atomic E-state index is 12.4. The molecule has 1 saturated carbocycles. The molecule has 0 amide bonds. The third-order valence-corrected chi connectivity index (χ3v) is 8.20. The van der Waals surface area contributed by atoms with Crippen LogP contribution in [0.3, 0.4) is 0 Å². The minimum atomic E-state index is -3.38. The smallest absolute Gasteiger partial charge is 0.210 e. The van der Waals surface area contributed by atoms with Crippen molar-refractivity contribution in [2.24, 2.45) is 0 Å². The lowest BCUT2D eigenvalue weighted by molar-refractivity contribution is 0.440. The van der Waals surface area contributed by atoms with Gasteiger partial charge in [-0.1, -0.05) is 18.9 Å². The SMILES string of the molecule is Cc1ccc(S(=O)(=O)NCC2(c3cccs3)CCCC2)s1. The summed E-state index contributed by atoms with van der Waals surface area (Å²) in [5, 5.41) is 2.08. The van der Waals surface area contributed by atoms with Crippen LogP contribution in [0.5, 0.6) is 0 Å². The predicted octanol–water partition coefficient (Wildman–Crippen LogP) is 3.91. The van der Waals surface area contributed by atoms with Crippen LogP contribution in [0.25, 0.3) is 0 Å². The van der Waals surface area contributed by atoms with Crippen LogP contribution in [0.15, 0.2) is 33.9 Å². The predicted molar refractivity (Wildman–Crippen MR) is 88.7 cm³/mol. The fourth-order valence-corrected chi connectivity index (χ4v) is 6.45. The van der Waals surface area contributed by atoms with E-state index in [-0.39, 0.29) is 5.41 Å². The van der Waals surface area contributed by atoms with E-state index in [1.54, 1.807) is 17.4 Å². The quantitative estimate of drug-likeness (QED) is 0.896. The molecule has 3 rings (SSSR count). The first-order valence-electron chi connectivity index (χ1n) is 7.12. The second-order valence-electron chi connectivity index (χ2n) is 5.65. The van der Waals surface area contributed by atoms with Gasteiger partial charge in [0.05, 0.1) is 0 Å². The lowest BCUT2D eigenvalue weighted by Gasteiger charge is -2.28. The molecule has 1 fully saturated rings. The monoisotopic (exact) mass is 341 g/mol. The summed E-state index contributed by atoms with van der Waals surface area (Å²) in [6.45, 7) is 2.43. The maximum absolute atomic E-state index is 12.4. The molecule has 0 saturated heterocycles. The van der Waals surface area contributed by atoms with Crippen LogP contribution >= 0.6 is 22.7 Å². The van der Waals surface area contributed by atoms with Gasteiger partial charge in [0, 0.05) is 21.7 Å². The van der Waals surface area contributed by atoms with Crippen LogP contribution in [-0.4, -0.2) is 15.0 Å². The fraction of sp³-hybridized carbons (Fsp3) is 0.467. The molecular formula is C15H19NO2S3. The van der Waals surface area contributed by atoms with Crippen molar-refractivity contribution in [3.8, 4) is 0 Å². The average molecular weight is 342 g/mol. The summed E-state index contributed by atoms with van der Waals surface area (Å²) in [5.74, 6) is 0. The summed E-state index contributed by atoms with van der Waals surface area (Å²) in [5.41, 5.74) is -0.00641. The third-order valence-electron chi connectivity index (χ3n) is 4.19. The lowest BCUT2D eigenvalue weighted by atomic mass is 9.85. The van der Waals surface area contributed by atoms with Gasteiger partial charge in [-0.2, -0.15) is 0 Å². The van der Waals surface area contributed by atoms with E-state index >= 15 is 0 Å². The van der Waals surface area contributed by atoms with E-state index in [1.807, 2.05) is 13.0 Å². The van der Waals surface area contributed by atoms with Crippen LogP contribution in [0.4, 0.5) is 0 Å². The van der Waals surface area contributed by atoms with Crippen molar-refractivity contribution < 1.29 is 8.42 Å². The molecule has 0 aliphatic heterocycles. The van der Waals surface area contributed by atoms with E-state index in [4.69, 9.17) is 0 Å². The highest BCUT2D eigenvalue weighted by atomic mass is 32.2. The molecule has 2 heterocycles. The Morgan fingerprint density at radius 1 is 1.24 bits per heavy atom. The van der Waals surface area contributed by atoms with Crippen molar-refractivity contribution in [3.05, 3.63) is 39.4 Å². The Kier molecular flexibility index (Phi) is 4.23. The van der Waals surface area contributed by atoms with E-state index in [1.165, 1.54) is 29.1 Å². The maximum Gasteiger partial charge on any atom is 0.250 e. The first-order chi connectivity index (χ1) is 10.0. The van der Waals surface area contributed by atoms with Gasteiger partial charge in [-0.25, -0.2) is 13.1 Å². The van der Waals surface area contributed by atoms with Crippen LogP contribution in [0.1, 0.15) is 35.4 Å². The molecule has 1 N–H and O–H groups in total. The molecule has 0 radical (unpaired) electrons. The third kappa shape index (κ3) is 3.08. The van der Waals surface area contributed by atoms with Crippen molar-refractivity contribution in [2.45, 2.75) is 42.2 Å². The minimum Gasteiger partial charge on any atom is -0.210 e. The van der Waals surface area contributed by atoms with Gasteiger partial charge in [0.25, 0.3) is 0 Å². The van der Waals surface area contributed by atoms with Crippen LogP contribution in [0, 0.1) is 6.92 Å². The molecule has 2 aromatic heterocycles. The van der Waals surface area contributed by atoms with Crippen LogP contribution < -0.4 is 4.72 Å². The van der Waals surface area contributed by atoms with Crippen molar-refractivity contribution in [3.63, 3.8) is 0 Å². The fourth-order valence-electron chi connectivity index (χ4n) is 3.00. The molecule has 0 unspecified atom stereocenters. The van der Waals surface area contributed by atoms with Crippen LogP contribution in [0.2, 0.25) is 0 Å². The molecule has 1 aliphatic carbocycles. The summed E-state index contributed by atoms with van der Waals surface area (Å²) in [7, 11) is -3.38. The molecule has 3 nitrogen and oxygen atoms in total.